The van der Waals surface area contributed by atoms with Crippen molar-refractivity contribution in [2.75, 3.05) is 12.5 Å². The second kappa shape index (κ2) is 6.03. The zero-order chi connectivity index (χ0) is 15.5. The quantitative estimate of drug-likeness (QED) is 0.725. The van der Waals surface area contributed by atoms with Gasteiger partial charge in [-0.15, -0.1) is 0 Å². The van der Waals surface area contributed by atoms with Gasteiger partial charge in [-0.1, -0.05) is 35.6 Å². The maximum absolute atomic E-state index is 12.2. The van der Waals surface area contributed by atoms with Crippen LogP contribution in [0.25, 0.3) is 10.2 Å². The van der Waals surface area contributed by atoms with E-state index in [0.717, 1.165) is 15.8 Å². The van der Waals surface area contributed by atoms with Crippen molar-refractivity contribution in [3.8, 4) is 5.75 Å². The summed E-state index contributed by atoms with van der Waals surface area (Å²) in [6, 6.07) is 13.1. The summed E-state index contributed by atoms with van der Waals surface area (Å²) >= 11 is 1.49. The summed E-state index contributed by atoms with van der Waals surface area (Å²) in [4.78, 5) is 16.7. The number of hydrogen-bond donors (Lipinski definition) is 2. The molecule has 0 aliphatic carbocycles. The number of carbonyl (C=O) groups is 1. The summed E-state index contributed by atoms with van der Waals surface area (Å²) < 4.78 is 6.26. The number of nitrogens with one attached hydrogen (secondary N) is 2. The van der Waals surface area contributed by atoms with E-state index in [2.05, 4.69) is 15.8 Å². The number of ether oxygens (including phenoxy) is 1. The van der Waals surface area contributed by atoms with Gasteiger partial charge in [-0.2, -0.15) is 0 Å². The standard InChI is InChI=1S/C16H15N3O2S/c1-10-6-5-9-13-14(10)17-16(22-13)19-18-15(20)11-7-3-4-8-12(11)21-2/h3-9H,1-2H3,(H,17,19)(H,18,20). The highest BCUT2D eigenvalue weighted by molar-refractivity contribution is 7.22. The monoisotopic (exact) mass is 313 g/mol. The summed E-state index contributed by atoms with van der Waals surface area (Å²) in [6.45, 7) is 2.01. The minimum atomic E-state index is -0.270. The molecule has 0 aliphatic heterocycles. The fourth-order valence-electron chi connectivity index (χ4n) is 2.15. The van der Waals surface area contributed by atoms with Gasteiger partial charge in [0.2, 0.25) is 5.13 Å². The molecule has 112 valence electrons. The lowest BCUT2D eigenvalue weighted by Gasteiger charge is -2.09. The molecule has 0 atom stereocenters. The molecule has 0 spiro atoms. The van der Waals surface area contributed by atoms with Gasteiger partial charge in [-0.05, 0) is 30.7 Å². The Labute approximate surface area is 131 Å². The van der Waals surface area contributed by atoms with Crippen molar-refractivity contribution < 1.29 is 9.53 Å². The lowest BCUT2D eigenvalue weighted by Crippen LogP contribution is -2.29. The van der Waals surface area contributed by atoms with Crippen LogP contribution in [0, 0.1) is 6.92 Å². The maximum atomic E-state index is 12.2. The molecule has 0 bridgehead atoms. The van der Waals surface area contributed by atoms with Crippen LogP contribution >= 0.6 is 11.3 Å². The number of benzene rings is 2. The second-order valence-corrected chi connectivity index (χ2v) is 5.75. The van der Waals surface area contributed by atoms with E-state index >= 15 is 0 Å². The molecule has 3 aromatic rings. The minimum Gasteiger partial charge on any atom is -0.496 e. The van der Waals surface area contributed by atoms with Crippen LogP contribution < -0.4 is 15.6 Å². The maximum Gasteiger partial charge on any atom is 0.273 e. The predicted octanol–water partition coefficient (Wildman–Crippen LogP) is 3.37. The second-order valence-electron chi connectivity index (χ2n) is 4.72. The molecule has 5 nitrogen and oxygen atoms in total. The molecule has 0 radical (unpaired) electrons. The number of fused-ring (bicyclic) bond motifs is 1. The van der Waals surface area contributed by atoms with E-state index in [1.807, 2.05) is 31.2 Å². The fraction of sp³-hybridized carbons (Fsp3) is 0.125. The summed E-state index contributed by atoms with van der Waals surface area (Å²) in [6.07, 6.45) is 0. The van der Waals surface area contributed by atoms with Gasteiger partial charge in [-0.3, -0.25) is 15.6 Å². The van der Waals surface area contributed by atoms with Crippen LogP contribution in [0.15, 0.2) is 42.5 Å². The number of aryl methyl sites for hydroxylation is 1. The molecule has 0 unspecified atom stereocenters. The number of nitrogens with zero attached hydrogens (tertiary/aromatic N) is 1. The van der Waals surface area contributed by atoms with Crippen molar-refractivity contribution in [2.24, 2.45) is 0 Å². The van der Waals surface area contributed by atoms with E-state index in [1.54, 1.807) is 18.2 Å². The summed E-state index contributed by atoms with van der Waals surface area (Å²) in [5.74, 6) is 0.260. The number of rotatable bonds is 4. The molecule has 0 saturated heterocycles. The normalized spacial score (nSPS) is 10.5. The molecule has 1 heterocycles. The summed E-state index contributed by atoms with van der Waals surface area (Å²) in [7, 11) is 1.54. The van der Waals surface area contributed by atoms with Crippen LogP contribution in [0.2, 0.25) is 0 Å². The Morgan fingerprint density at radius 1 is 1.18 bits per heavy atom. The van der Waals surface area contributed by atoms with Gasteiger partial charge in [0.25, 0.3) is 5.91 Å². The van der Waals surface area contributed by atoms with Gasteiger partial charge in [0.05, 0.1) is 22.9 Å². The highest BCUT2D eigenvalue weighted by atomic mass is 32.1. The van der Waals surface area contributed by atoms with Crippen molar-refractivity contribution in [2.45, 2.75) is 6.92 Å². The molecule has 3 rings (SSSR count). The Balaban J connectivity index is 1.76. The third-order valence-corrected chi connectivity index (χ3v) is 4.19. The molecule has 2 aromatic carbocycles. The molecule has 0 fully saturated rings. The van der Waals surface area contributed by atoms with Crippen molar-refractivity contribution in [3.63, 3.8) is 0 Å². The fourth-order valence-corrected chi connectivity index (χ4v) is 3.05. The zero-order valence-corrected chi connectivity index (χ0v) is 13.0. The minimum absolute atomic E-state index is 0.270. The van der Waals surface area contributed by atoms with E-state index < -0.39 is 0 Å². The SMILES string of the molecule is COc1ccccc1C(=O)NNc1nc2c(C)cccc2s1. The first kappa shape index (κ1) is 14.3. The van der Waals surface area contributed by atoms with Gasteiger partial charge in [0, 0.05) is 0 Å². The zero-order valence-electron chi connectivity index (χ0n) is 12.2. The molecule has 0 saturated carbocycles. The predicted molar refractivity (Wildman–Crippen MR) is 88.4 cm³/mol. The Kier molecular flexibility index (Phi) is 3.93. The van der Waals surface area contributed by atoms with Gasteiger partial charge < -0.3 is 4.74 Å². The Morgan fingerprint density at radius 2 is 2.00 bits per heavy atom. The number of hydrazine groups is 1. The number of aromatic nitrogens is 1. The third kappa shape index (κ3) is 2.73. The van der Waals surface area contributed by atoms with Gasteiger partial charge in [0.1, 0.15) is 5.75 Å². The lowest BCUT2D eigenvalue weighted by molar-refractivity contribution is 0.0959. The van der Waals surface area contributed by atoms with Crippen LogP contribution in [0.5, 0.6) is 5.75 Å². The van der Waals surface area contributed by atoms with Gasteiger partial charge >= 0.3 is 0 Å². The number of carbonyl (C=O) groups excluding carboxylic acids is 1. The average Bonchev–Trinajstić information content (AvgIpc) is 2.97. The topological polar surface area (TPSA) is 63.2 Å². The first-order valence-corrected chi connectivity index (χ1v) is 7.56. The molecular weight excluding hydrogens is 298 g/mol. The van der Waals surface area contributed by atoms with E-state index in [1.165, 1.54) is 18.4 Å². The highest BCUT2D eigenvalue weighted by Gasteiger charge is 2.12. The smallest absolute Gasteiger partial charge is 0.273 e. The highest BCUT2D eigenvalue weighted by Crippen LogP contribution is 2.27. The molecule has 1 aromatic heterocycles. The average molecular weight is 313 g/mol. The van der Waals surface area contributed by atoms with Crippen molar-refractivity contribution in [3.05, 3.63) is 53.6 Å². The third-order valence-electron chi connectivity index (χ3n) is 3.26. The number of methoxy groups -OCH3 is 1. The van der Waals surface area contributed by atoms with Gasteiger partial charge in [0.15, 0.2) is 0 Å². The first-order chi connectivity index (χ1) is 10.7. The Morgan fingerprint density at radius 3 is 2.77 bits per heavy atom. The number of amides is 1. The van der Waals surface area contributed by atoms with Gasteiger partial charge in [-0.25, -0.2) is 4.98 Å². The Bertz CT molecular complexity index is 829. The summed E-state index contributed by atoms with van der Waals surface area (Å²) in [5.41, 5.74) is 8.03. The van der Waals surface area contributed by atoms with Crippen LogP contribution in [-0.4, -0.2) is 18.0 Å². The molecule has 1 amide bonds. The van der Waals surface area contributed by atoms with Crippen LogP contribution in [-0.2, 0) is 0 Å². The molecule has 6 heteroatoms. The van der Waals surface area contributed by atoms with E-state index in [9.17, 15) is 4.79 Å². The molecule has 0 aliphatic rings. The van der Waals surface area contributed by atoms with E-state index in [4.69, 9.17) is 4.74 Å². The van der Waals surface area contributed by atoms with E-state index in [-0.39, 0.29) is 5.91 Å². The Hall–Kier alpha value is -2.60. The molecule has 2 N–H and O–H groups in total. The van der Waals surface area contributed by atoms with Crippen LogP contribution in [0.4, 0.5) is 5.13 Å². The summed E-state index contributed by atoms with van der Waals surface area (Å²) in [5, 5.41) is 0.646. The van der Waals surface area contributed by atoms with Crippen molar-refractivity contribution in [1.29, 1.82) is 0 Å². The largest absolute Gasteiger partial charge is 0.496 e. The number of thiazole rings is 1. The van der Waals surface area contributed by atoms with E-state index in [0.29, 0.717) is 16.4 Å². The van der Waals surface area contributed by atoms with Crippen molar-refractivity contribution >= 4 is 32.6 Å². The number of hydrogen-bond acceptors (Lipinski definition) is 5. The number of para-hydroxylation sites is 2. The van der Waals surface area contributed by atoms with Crippen LogP contribution in [0.3, 0.4) is 0 Å². The molecular formula is C16H15N3O2S. The molecule has 22 heavy (non-hydrogen) atoms. The van der Waals surface area contributed by atoms with Crippen molar-refractivity contribution in [1.82, 2.24) is 10.4 Å². The number of anilines is 1. The lowest BCUT2D eigenvalue weighted by atomic mass is 10.2. The first-order valence-electron chi connectivity index (χ1n) is 6.74. The van der Waals surface area contributed by atoms with Crippen LogP contribution in [0.1, 0.15) is 15.9 Å².